The number of carbonyl (C=O) groups excluding carboxylic acids is 1. The van der Waals surface area contributed by atoms with Crippen molar-refractivity contribution in [3.63, 3.8) is 0 Å². The Kier molecular flexibility index (Phi) is 4.76. The number of likely N-dealkylation sites (tertiary alicyclic amines) is 1. The topological polar surface area (TPSA) is 68.5 Å². The summed E-state index contributed by atoms with van der Waals surface area (Å²) >= 11 is 0. The molecule has 2 aliphatic rings. The number of hydrogen-bond acceptors (Lipinski definition) is 5. The van der Waals surface area contributed by atoms with Crippen molar-refractivity contribution in [2.45, 2.75) is 51.4 Å². The molecule has 0 unspecified atom stereocenters. The molecule has 3 rings (SSSR count). The molecule has 0 saturated carbocycles. The normalized spacial score (nSPS) is 21.5. The van der Waals surface area contributed by atoms with Crippen molar-refractivity contribution in [3.05, 3.63) is 11.7 Å². The Morgan fingerprint density at radius 2 is 1.82 bits per heavy atom. The number of aromatic nitrogens is 2. The number of amides is 1. The maximum Gasteiger partial charge on any atom is 0.229 e. The van der Waals surface area contributed by atoms with Gasteiger partial charge in [0.2, 0.25) is 11.8 Å². The molecule has 1 aromatic heterocycles. The monoisotopic (exact) mass is 307 g/mol. The van der Waals surface area contributed by atoms with Gasteiger partial charge >= 0.3 is 0 Å². The Morgan fingerprint density at radius 1 is 1.14 bits per heavy atom. The molecular weight excluding hydrogens is 282 g/mol. The summed E-state index contributed by atoms with van der Waals surface area (Å²) in [5.74, 6) is 2.55. The van der Waals surface area contributed by atoms with Crippen LogP contribution >= 0.6 is 0 Å². The molecule has 6 nitrogen and oxygen atoms in total. The SMILES string of the molecule is CC(C)C(=O)N1CCC(c2nc(C3CCOCC3)no2)CC1. The molecule has 0 atom stereocenters. The Bertz CT molecular complexity index is 500. The first-order valence-corrected chi connectivity index (χ1v) is 8.35. The summed E-state index contributed by atoms with van der Waals surface area (Å²) in [4.78, 5) is 18.6. The number of carbonyl (C=O) groups is 1. The molecule has 0 radical (unpaired) electrons. The van der Waals surface area contributed by atoms with E-state index >= 15 is 0 Å². The van der Waals surface area contributed by atoms with Crippen LogP contribution in [0.3, 0.4) is 0 Å². The number of hydrogen-bond donors (Lipinski definition) is 0. The van der Waals surface area contributed by atoms with Crippen LogP contribution in [0, 0.1) is 5.92 Å². The van der Waals surface area contributed by atoms with Gasteiger partial charge in [0.25, 0.3) is 0 Å². The van der Waals surface area contributed by atoms with Crippen molar-refractivity contribution in [2.24, 2.45) is 5.92 Å². The first-order chi connectivity index (χ1) is 10.6. The van der Waals surface area contributed by atoms with Crippen LogP contribution in [0.1, 0.15) is 63.1 Å². The molecule has 3 heterocycles. The van der Waals surface area contributed by atoms with Crippen LogP contribution in [0.4, 0.5) is 0 Å². The zero-order valence-corrected chi connectivity index (χ0v) is 13.5. The van der Waals surface area contributed by atoms with Gasteiger partial charge in [0.15, 0.2) is 5.82 Å². The van der Waals surface area contributed by atoms with Crippen LogP contribution in [-0.4, -0.2) is 47.3 Å². The van der Waals surface area contributed by atoms with Crippen LogP contribution in [-0.2, 0) is 9.53 Å². The van der Waals surface area contributed by atoms with E-state index in [9.17, 15) is 4.79 Å². The largest absolute Gasteiger partial charge is 0.381 e. The lowest BCUT2D eigenvalue weighted by atomic mass is 9.95. The second kappa shape index (κ2) is 6.77. The minimum absolute atomic E-state index is 0.0695. The summed E-state index contributed by atoms with van der Waals surface area (Å²) in [5.41, 5.74) is 0. The molecule has 0 aromatic carbocycles. The quantitative estimate of drug-likeness (QED) is 0.857. The highest BCUT2D eigenvalue weighted by molar-refractivity contribution is 5.78. The highest BCUT2D eigenvalue weighted by atomic mass is 16.5. The lowest BCUT2D eigenvalue weighted by molar-refractivity contribution is -0.135. The minimum atomic E-state index is 0.0695. The third-order valence-corrected chi connectivity index (χ3v) is 4.69. The summed E-state index contributed by atoms with van der Waals surface area (Å²) < 4.78 is 10.9. The number of ether oxygens (including phenoxy) is 1. The van der Waals surface area contributed by atoms with Crippen LogP contribution < -0.4 is 0 Å². The third kappa shape index (κ3) is 3.32. The van der Waals surface area contributed by atoms with E-state index in [-0.39, 0.29) is 17.7 Å². The van der Waals surface area contributed by atoms with Crippen LogP contribution in [0.2, 0.25) is 0 Å². The molecule has 0 aliphatic carbocycles. The molecule has 1 aromatic rings. The minimum Gasteiger partial charge on any atom is -0.381 e. The van der Waals surface area contributed by atoms with E-state index in [1.165, 1.54) is 0 Å². The Balaban J connectivity index is 1.57. The fraction of sp³-hybridized carbons (Fsp3) is 0.812. The smallest absolute Gasteiger partial charge is 0.229 e. The summed E-state index contributed by atoms with van der Waals surface area (Å²) in [6.45, 7) is 7.04. The van der Waals surface area contributed by atoms with Gasteiger partial charge in [-0.25, -0.2) is 0 Å². The predicted molar refractivity (Wildman–Crippen MR) is 80.5 cm³/mol. The van der Waals surface area contributed by atoms with Crippen LogP contribution in [0.15, 0.2) is 4.52 Å². The number of rotatable bonds is 3. The molecule has 2 saturated heterocycles. The zero-order valence-electron chi connectivity index (χ0n) is 13.5. The summed E-state index contributed by atoms with van der Waals surface area (Å²) in [5, 5.41) is 4.18. The Morgan fingerprint density at radius 3 is 2.45 bits per heavy atom. The average Bonchev–Trinajstić information content (AvgIpc) is 3.05. The zero-order chi connectivity index (χ0) is 15.5. The fourth-order valence-corrected chi connectivity index (χ4v) is 3.25. The Labute approximate surface area is 131 Å². The summed E-state index contributed by atoms with van der Waals surface area (Å²) in [6, 6.07) is 0. The first kappa shape index (κ1) is 15.5. The van der Waals surface area contributed by atoms with E-state index < -0.39 is 0 Å². The Hall–Kier alpha value is -1.43. The predicted octanol–water partition coefficient (Wildman–Crippen LogP) is 2.33. The van der Waals surface area contributed by atoms with Gasteiger partial charge in [-0.15, -0.1) is 0 Å². The van der Waals surface area contributed by atoms with Crippen molar-refractivity contribution in [1.29, 1.82) is 0 Å². The second-order valence-electron chi connectivity index (χ2n) is 6.63. The molecular formula is C16H25N3O3. The summed E-state index contributed by atoms with van der Waals surface area (Å²) in [6.07, 6.45) is 3.77. The fourth-order valence-electron chi connectivity index (χ4n) is 3.25. The third-order valence-electron chi connectivity index (χ3n) is 4.69. The highest BCUT2D eigenvalue weighted by Crippen LogP contribution is 2.30. The van der Waals surface area contributed by atoms with E-state index in [4.69, 9.17) is 9.26 Å². The molecule has 2 aliphatic heterocycles. The molecule has 0 N–H and O–H groups in total. The standard InChI is InChI=1S/C16H25N3O3/c1-11(2)16(20)19-7-3-13(4-8-19)15-17-14(18-22-15)12-5-9-21-10-6-12/h11-13H,3-10H2,1-2H3. The van der Waals surface area contributed by atoms with Gasteiger partial charge in [0, 0.05) is 44.1 Å². The van der Waals surface area contributed by atoms with Gasteiger partial charge < -0.3 is 14.2 Å². The summed E-state index contributed by atoms with van der Waals surface area (Å²) in [7, 11) is 0. The van der Waals surface area contributed by atoms with Gasteiger partial charge in [0.05, 0.1) is 0 Å². The van der Waals surface area contributed by atoms with Crippen LogP contribution in [0.25, 0.3) is 0 Å². The second-order valence-corrected chi connectivity index (χ2v) is 6.63. The van der Waals surface area contributed by atoms with Gasteiger partial charge in [-0.2, -0.15) is 4.98 Å². The highest BCUT2D eigenvalue weighted by Gasteiger charge is 2.29. The van der Waals surface area contributed by atoms with Crippen molar-refractivity contribution in [3.8, 4) is 0 Å². The van der Waals surface area contributed by atoms with E-state index in [1.807, 2.05) is 18.7 Å². The van der Waals surface area contributed by atoms with E-state index in [0.717, 1.165) is 63.7 Å². The molecule has 2 fully saturated rings. The number of piperidine rings is 1. The van der Waals surface area contributed by atoms with Gasteiger partial charge in [-0.1, -0.05) is 19.0 Å². The maximum atomic E-state index is 12.0. The van der Waals surface area contributed by atoms with Crippen molar-refractivity contribution in [1.82, 2.24) is 15.0 Å². The van der Waals surface area contributed by atoms with E-state index in [2.05, 4.69) is 10.1 Å². The lowest BCUT2D eigenvalue weighted by Crippen LogP contribution is -2.40. The molecule has 0 bridgehead atoms. The van der Waals surface area contributed by atoms with Crippen molar-refractivity contribution in [2.75, 3.05) is 26.3 Å². The molecule has 6 heteroatoms. The lowest BCUT2D eigenvalue weighted by Gasteiger charge is -2.31. The first-order valence-electron chi connectivity index (χ1n) is 8.35. The molecule has 1 amide bonds. The van der Waals surface area contributed by atoms with E-state index in [0.29, 0.717) is 5.92 Å². The maximum absolute atomic E-state index is 12.0. The molecule has 0 spiro atoms. The van der Waals surface area contributed by atoms with Crippen LogP contribution in [0.5, 0.6) is 0 Å². The molecule has 22 heavy (non-hydrogen) atoms. The van der Waals surface area contributed by atoms with E-state index in [1.54, 1.807) is 0 Å². The van der Waals surface area contributed by atoms with Crippen molar-refractivity contribution >= 4 is 5.91 Å². The van der Waals surface area contributed by atoms with Gasteiger partial charge in [-0.05, 0) is 25.7 Å². The number of nitrogens with zero attached hydrogens (tertiary/aromatic N) is 3. The average molecular weight is 307 g/mol. The molecule has 122 valence electrons. The van der Waals surface area contributed by atoms with Crippen molar-refractivity contribution < 1.29 is 14.1 Å². The van der Waals surface area contributed by atoms with Gasteiger partial charge in [-0.3, -0.25) is 4.79 Å². The van der Waals surface area contributed by atoms with Gasteiger partial charge in [0.1, 0.15) is 0 Å².